The molecule has 1 aromatic carbocycles. The molecule has 25 heavy (non-hydrogen) atoms. The molecule has 2 aromatic rings. The Balaban J connectivity index is 2.78. The fourth-order valence-corrected chi connectivity index (χ4v) is 2.92. The van der Waals surface area contributed by atoms with Gasteiger partial charge >= 0.3 is 0 Å². The summed E-state index contributed by atoms with van der Waals surface area (Å²) in [7, 11) is 0. The van der Waals surface area contributed by atoms with E-state index < -0.39 is 0 Å². The summed E-state index contributed by atoms with van der Waals surface area (Å²) in [4.78, 5) is 24.7. The highest BCUT2D eigenvalue weighted by molar-refractivity contribution is 6.00. The Hall–Kier alpha value is -2.14. The van der Waals surface area contributed by atoms with Crippen LogP contribution in [0, 0.1) is 5.92 Å². The first-order valence-corrected chi connectivity index (χ1v) is 8.93. The molecule has 0 spiro atoms. The number of benzene rings is 1. The van der Waals surface area contributed by atoms with Crippen molar-refractivity contribution in [2.45, 2.75) is 53.6 Å². The van der Waals surface area contributed by atoms with Crippen molar-refractivity contribution < 1.29 is 9.53 Å². The number of pyridine rings is 1. The molecular formula is C20H28N2O3. The number of nitrogens with two attached hydrogens (primary N) is 1. The van der Waals surface area contributed by atoms with E-state index >= 15 is 0 Å². The number of aromatic nitrogens is 1. The first-order valence-electron chi connectivity index (χ1n) is 8.93. The number of hydrogen-bond donors (Lipinski definition) is 1. The quantitative estimate of drug-likeness (QED) is 0.587. The number of Topliss-reactive ketones (excluding diaryl/α,β-unsaturated/α-hetero) is 1. The Kier molecular flexibility index (Phi) is 6.37. The van der Waals surface area contributed by atoms with Gasteiger partial charge in [0.15, 0.2) is 5.78 Å². The number of ether oxygens (including phenoxy) is 1. The maximum atomic E-state index is 13.0. The second-order valence-corrected chi connectivity index (χ2v) is 6.81. The zero-order valence-corrected chi connectivity index (χ0v) is 15.6. The Morgan fingerprint density at radius 1 is 1.28 bits per heavy atom. The molecule has 0 aliphatic carbocycles. The lowest BCUT2D eigenvalue weighted by Crippen LogP contribution is -2.28. The molecule has 5 heteroatoms. The van der Waals surface area contributed by atoms with E-state index in [-0.39, 0.29) is 17.9 Å². The van der Waals surface area contributed by atoms with Crippen LogP contribution in [0.5, 0.6) is 5.75 Å². The summed E-state index contributed by atoms with van der Waals surface area (Å²) >= 11 is 0. The standard InChI is InChI=1S/C20H28N2O3/c1-5-6-9-25-19-17-10-15(14(4)23)7-8-16(17)20(24)22(12-13(2)3)18(19)11-21/h7-8,10,13H,5-6,9,11-12,21H2,1-4H3. The second-order valence-electron chi connectivity index (χ2n) is 6.81. The number of rotatable bonds is 8. The molecule has 2 rings (SSSR count). The van der Waals surface area contributed by atoms with Crippen LogP contribution in [0.25, 0.3) is 10.8 Å². The Labute approximate surface area is 148 Å². The van der Waals surface area contributed by atoms with Gasteiger partial charge in [0.1, 0.15) is 5.75 Å². The predicted octanol–water partition coefficient (Wildman–Crippen LogP) is 3.50. The van der Waals surface area contributed by atoms with E-state index in [0.717, 1.165) is 12.8 Å². The highest BCUT2D eigenvalue weighted by Gasteiger charge is 2.18. The van der Waals surface area contributed by atoms with Crippen molar-refractivity contribution in [3.8, 4) is 5.75 Å². The molecule has 0 saturated carbocycles. The highest BCUT2D eigenvalue weighted by atomic mass is 16.5. The van der Waals surface area contributed by atoms with Gasteiger partial charge in [0.25, 0.3) is 5.56 Å². The highest BCUT2D eigenvalue weighted by Crippen LogP contribution is 2.29. The number of carbonyl (C=O) groups excluding carboxylic acids is 1. The monoisotopic (exact) mass is 344 g/mol. The van der Waals surface area contributed by atoms with Crippen LogP contribution in [-0.4, -0.2) is 17.0 Å². The third kappa shape index (κ3) is 4.10. The van der Waals surface area contributed by atoms with Gasteiger partial charge in [-0.2, -0.15) is 0 Å². The molecule has 0 atom stereocenters. The summed E-state index contributed by atoms with van der Waals surface area (Å²) in [5.41, 5.74) is 7.16. The molecule has 2 N–H and O–H groups in total. The molecule has 0 bridgehead atoms. The topological polar surface area (TPSA) is 74.3 Å². The van der Waals surface area contributed by atoms with Crippen molar-refractivity contribution in [3.05, 3.63) is 39.8 Å². The first-order chi connectivity index (χ1) is 11.9. The van der Waals surface area contributed by atoms with Crippen LogP contribution in [0.1, 0.15) is 56.6 Å². The number of fused-ring (bicyclic) bond motifs is 1. The van der Waals surface area contributed by atoms with Gasteiger partial charge in [0.05, 0.1) is 17.7 Å². The second kappa shape index (κ2) is 8.30. The fourth-order valence-electron chi connectivity index (χ4n) is 2.92. The molecule has 0 aliphatic heterocycles. The van der Waals surface area contributed by atoms with E-state index in [2.05, 4.69) is 20.8 Å². The minimum Gasteiger partial charge on any atom is -0.491 e. The van der Waals surface area contributed by atoms with Crippen LogP contribution in [0.4, 0.5) is 0 Å². The van der Waals surface area contributed by atoms with Gasteiger partial charge in [-0.15, -0.1) is 0 Å². The SMILES string of the molecule is CCCCOc1c(CN)n(CC(C)C)c(=O)c2ccc(C(C)=O)cc12. The van der Waals surface area contributed by atoms with E-state index in [0.29, 0.717) is 46.8 Å². The van der Waals surface area contributed by atoms with Crippen LogP contribution in [0.3, 0.4) is 0 Å². The summed E-state index contributed by atoms with van der Waals surface area (Å²) in [6.07, 6.45) is 1.93. The molecule has 1 aromatic heterocycles. The molecule has 0 saturated heterocycles. The van der Waals surface area contributed by atoms with E-state index in [1.54, 1.807) is 22.8 Å². The largest absolute Gasteiger partial charge is 0.491 e. The van der Waals surface area contributed by atoms with Crippen LogP contribution in [0.15, 0.2) is 23.0 Å². The van der Waals surface area contributed by atoms with Crippen molar-refractivity contribution in [2.24, 2.45) is 11.7 Å². The molecule has 0 fully saturated rings. The Morgan fingerprint density at radius 3 is 2.56 bits per heavy atom. The summed E-state index contributed by atoms with van der Waals surface area (Å²) in [5, 5.41) is 1.24. The number of hydrogen-bond acceptors (Lipinski definition) is 4. The minimum absolute atomic E-state index is 0.0398. The Bertz CT molecular complexity index is 822. The fraction of sp³-hybridized carbons (Fsp3) is 0.500. The van der Waals surface area contributed by atoms with Gasteiger partial charge < -0.3 is 15.0 Å². The van der Waals surface area contributed by atoms with Gasteiger partial charge in [-0.1, -0.05) is 33.3 Å². The van der Waals surface area contributed by atoms with Crippen molar-refractivity contribution in [1.29, 1.82) is 0 Å². The summed E-state index contributed by atoms with van der Waals surface area (Å²) in [5.74, 6) is 0.900. The van der Waals surface area contributed by atoms with Crippen molar-refractivity contribution in [2.75, 3.05) is 6.61 Å². The maximum Gasteiger partial charge on any atom is 0.258 e. The zero-order chi connectivity index (χ0) is 18.6. The van der Waals surface area contributed by atoms with Crippen LogP contribution in [0.2, 0.25) is 0 Å². The maximum absolute atomic E-state index is 13.0. The molecular weight excluding hydrogens is 316 g/mol. The smallest absolute Gasteiger partial charge is 0.258 e. The Morgan fingerprint density at radius 2 is 2.00 bits per heavy atom. The van der Waals surface area contributed by atoms with Gasteiger partial charge in [-0.25, -0.2) is 0 Å². The summed E-state index contributed by atoms with van der Waals surface area (Å²) in [6, 6.07) is 5.17. The van der Waals surface area contributed by atoms with Gasteiger partial charge in [-0.3, -0.25) is 9.59 Å². The molecule has 5 nitrogen and oxygen atoms in total. The molecule has 1 heterocycles. The third-order valence-corrected chi connectivity index (χ3v) is 4.22. The number of nitrogens with zero attached hydrogens (tertiary/aromatic N) is 1. The molecule has 0 unspecified atom stereocenters. The molecule has 0 radical (unpaired) electrons. The molecule has 0 aliphatic rings. The number of unbranched alkanes of at least 4 members (excludes halogenated alkanes) is 1. The molecule has 136 valence electrons. The van der Waals surface area contributed by atoms with Gasteiger partial charge in [0.2, 0.25) is 0 Å². The van der Waals surface area contributed by atoms with E-state index in [9.17, 15) is 9.59 Å². The van der Waals surface area contributed by atoms with Gasteiger partial charge in [0, 0.05) is 24.0 Å². The van der Waals surface area contributed by atoms with Gasteiger partial charge in [-0.05, 0) is 31.4 Å². The zero-order valence-electron chi connectivity index (χ0n) is 15.6. The van der Waals surface area contributed by atoms with Crippen molar-refractivity contribution >= 4 is 16.6 Å². The average Bonchev–Trinajstić information content (AvgIpc) is 2.57. The average molecular weight is 344 g/mol. The first kappa shape index (κ1) is 19.2. The van der Waals surface area contributed by atoms with E-state index in [1.807, 2.05) is 0 Å². The third-order valence-electron chi connectivity index (χ3n) is 4.22. The summed E-state index contributed by atoms with van der Waals surface area (Å²) in [6.45, 7) is 9.09. The van der Waals surface area contributed by atoms with E-state index in [4.69, 9.17) is 10.5 Å². The van der Waals surface area contributed by atoms with Crippen molar-refractivity contribution in [3.63, 3.8) is 0 Å². The van der Waals surface area contributed by atoms with Crippen LogP contribution in [-0.2, 0) is 13.1 Å². The predicted molar refractivity (Wildman–Crippen MR) is 101 cm³/mol. The normalized spacial score (nSPS) is 11.3. The van der Waals surface area contributed by atoms with Crippen LogP contribution < -0.4 is 16.0 Å². The van der Waals surface area contributed by atoms with Crippen molar-refractivity contribution in [1.82, 2.24) is 4.57 Å². The molecule has 0 amide bonds. The van der Waals surface area contributed by atoms with Crippen LogP contribution >= 0.6 is 0 Å². The summed E-state index contributed by atoms with van der Waals surface area (Å²) < 4.78 is 7.77. The van der Waals surface area contributed by atoms with E-state index in [1.165, 1.54) is 6.92 Å². The lowest BCUT2D eigenvalue weighted by atomic mass is 10.0. The lowest BCUT2D eigenvalue weighted by molar-refractivity contribution is 0.101. The number of ketones is 1. The lowest BCUT2D eigenvalue weighted by Gasteiger charge is -2.20. The minimum atomic E-state index is -0.0814. The number of carbonyl (C=O) groups is 1.